The Morgan fingerprint density at radius 1 is 1.04 bits per heavy atom. The van der Waals surface area contributed by atoms with Gasteiger partial charge in [-0.1, -0.05) is 25.1 Å². The average molecular weight is 390 g/mol. The van der Waals surface area contributed by atoms with E-state index in [-0.39, 0.29) is 24.3 Å². The molecular weight excluding hydrogens is 370 g/mol. The molecule has 3 N–H and O–H groups in total. The number of hydrogen-bond donors (Lipinski definition) is 3. The van der Waals surface area contributed by atoms with E-state index in [1.165, 1.54) is 6.07 Å². The van der Waals surface area contributed by atoms with Crippen molar-refractivity contribution in [1.82, 2.24) is 5.32 Å². The highest BCUT2D eigenvalue weighted by atomic mass is 19.1. The summed E-state index contributed by atoms with van der Waals surface area (Å²) < 4.78 is 26.8. The number of nitrogens with one attached hydrogen (secondary N) is 2. The first-order valence-corrected chi connectivity index (χ1v) is 8.57. The normalized spacial score (nSPS) is 11.5. The van der Waals surface area contributed by atoms with Crippen molar-refractivity contribution in [3.8, 4) is 0 Å². The first-order valence-electron chi connectivity index (χ1n) is 8.57. The third-order valence-electron chi connectivity index (χ3n) is 4.02. The number of carbonyl (C=O) groups is 3. The molecule has 0 heterocycles. The van der Waals surface area contributed by atoms with Crippen LogP contribution in [-0.2, 0) is 20.8 Å². The molecule has 6 nitrogen and oxygen atoms in total. The maximum absolute atomic E-state index is 13.8. The van der Waals surface area contributed by atoms with Crippen LogP contribution in [0.5, 0.6) is 0 Å². The third kappa shape index (κ3) is 6.46. The summed E-state index contributed by atoms with van der Waals surface area (Å²) in [7, 11) is 0. The molecule has 2 amide bonds. The van der Waals surface area contributed by atoms with Crippen LogP contribution in [0.25, 0.3) is 0 Å². The van der Waals surface area contributed by atoms with Crippen molar-refractivity contribution in [2.24, 2.45) is 0 Å². The second-order valence-corrected chi connectivity index (χ2v) is 6.36. The van der Waals surface area contributed by atoms with Gasteiger partial charge in [0.2, 0.25) is 11.8 Å². The van der Waals surface area contributed by atoms with Crippen LogP contribution in [0, 0.1) is 11.6 Å². The van der Waals surface area contributed by atoms with Crippen molar-refractivity contribution >= 4 is 23.5 Å². The number of amides is 2. The molecular formula is C20H20F2N2O4. The minimum Gasteiger partial charge on any atom is -0.480 e. The molecule has 0 saturated heterocycles. The van der Waals surface area contributed by atoms with Gasteiger partial charge in [0.15, 0.2) is 0 Å². The monoisotopic (exact) mass is 390 g/mol. The molecule has 0 aliphatic rings. The lowest BCUT2D eigenvalue weighted by Gasteiger charge is -2.13. The number of carbonyl (C=O) groups excluding carboxylic acids is 2. The van der Waals surface area contributed by atoms with Gasteiger partial charge in [-0.25, -0.2) is 8.78 Å². The van der Waals surface area contributed by atoms with Crippen LogP contribution in [0.4, 0.5) is 14.5 Å². The molecule has 1 atom stereocenters. The highest BCUT2D eigenvalue weighted by molar-refractivity contribution is 5.91. The Hall–Kier alpha value is -3.29. The quantitative estimate of drug-likeness (QED) is 0.646. The van der Waals surface area contributed by atoms with Gasteiger partial charge in [0.05, 0.1) is 6.42 Å². The zero-order valence-electron chi connectivity index (χ0n) is 15.2. The summed E-state index contributed by atoms with van der Waals surface area (Å²) in [5.74, 6) is -3.67. The van der Waals surface area contributed by atoms with Gasteiger partial charge in [-0.2, -0.15) is 0 Å². The molecule has 0 bridgehead atoms. The fourth-order valence-corrected chi connectivity index (χ4v) is 2.63. The Balaban J connectivity index is 1.88. The highest BCUT2D eigenvalue weighted by Crippen LogP contribution is 2.23. The Morgan fingerprint density at radius 3 is 2.32 bits per heavy atom. The van der Waals surface area contributed by atoms with Gasteiger partial charge in [0.25, 0.3) is 0 Å². The van der Waals surface area contributed by atoms with Gasteiger partial charge < -0.3 is 15.7 Å². The summed E-state index contributed by atoms with van der Waals surface area (Å²) in [6.45, 7) is 1.23. The average Bonchev–Trinajstić information content (AvgIpc) is 2.61. The van der Waals surface area contributed by atoms with Crippen LogP contribution in [0.3, 0.4) is 0 Å². The molecule has 28 heavy (non-hydrogen) atoms. The number of benzene rings is 2. The molecule has 0 aromatic heterocycles. The Bertz CT molecular complexity index is 869. The summed E-state index contributed by atoms with van der Waals surface area (Å²) >= 11 is 0. The minimum absolute atomic E-state index is 0.0158. The molecule has 0 saturated carbocycles. The second-order valence-electron chi connectivity index (χ2n) is 6.36. The number of anilines is 1. The summed E-state index contributed by atoms with van der Waals surface area (Å²) in [5.41, 5.74) is 1.42. The Labute approximate surface area is 160 Å². The van der Waals surface area contributed by atoms with Crippen molar-refractivity contribution in [2.75, 3.05) is 11.9 Å². The molecule has 0 aliphatic heterocycles. The molecule has 0 spiro atoms. The molecule has 0 aliphatic carbocycles. The highest BCUT2D eigenvalue weighted by Gasteiger charge is 2.16. The zero-order valence-corrected chi connectivity index (χ0v) is 15.2. The lowest BCUT2D eigenvalue weighted by atomic mass is 9.97. The number of rotatable bonds is 8. The number of hydrogen-bond acceptors (Lipinski definition) is 3. The van der Waals surface area contributed by atoms with Crippen LogP contribution in [0.1, 0.15) is 30.4 Å². The lowest BCUT2D eigenvalue weighted by Crippen LogP contribution is -2.30. The van der Waals surface area contributed by atoms with E-state index in [2.05, 4.69) is 10.6 Å². The van der Waals surface area contributed by atoms with E-state index in [0.29, 0.717) is 11.3 Å². The first kappa shape index (κ1) is 21.0. The van der Waals surface area contributed by atoms with Gasteiger partial charge >= 0.3 is 5.97 Å². The van der Waals surface area contributed by atoms with Crippen LogP contribution in [-0.4, -0.2) is 29.4 Å². The van der Waals surface area contributed by atoms with E-state index >= 15 is 0 Å². The van der Waals surface area contributed by atoms with Crippen molar-refractivity contribution in [1.29, 1.82) is 0 Å². The maximum Gasteiger partial charge on any atom is 0.322 e. The van der Waals surface area contributed by atoms with Crippen molar-refractivity contribution < 1.29 is 28.3 Å². The molecule has 0 radical (unpaired) electrons. The van der Waals surface area contributed by atoms with Crippen molar-refractivity contribution in [3.05, 3.63) is 65.2 Å². The molecule has 2 aromatic carbocycles. The minimum atomic E-state index is -1.12. The number of carboxylic acid groups (broad SMARTS) is 1. The van der Waals surface area contributed by atoms with E-state index in [4.69, 9.17) is 5.11 Å². The predicted octanol–water partition coefficient (Wildman–Crippen LogP) is 2.84. The summed E-state index contributed by atoms with van der Waals surface area (Å²) in [5, 5.41) is 13.5. The molecule has 2 aromatic rings. The standard InChI is InChI=1S/C20H20F2N2O4/c1-12(16-7-4-14(21)10-17(16)22)8-19(26)24-15-5-2-13(3-6-15)9-18(25)23-11-20(27)28/h2-7,10,12H,8-9,11H2,1H3,(H,23,25)(H,24,26)(H,27,28). The molecule has 2 rings (SSSR count). The Morgan fingerprint density at radius 2 is 1.71 bits per heavy atom. The van der Waals surface area contributed by atoms with Gasteiger partial charge in [-0.05, 0) is 35.2 Å². The van der Waals surface area contributed by atoms with E-state index in [0.717, 1.165) is 12.1 Å². The smallest absolute Gasteiger partial charge is 0.322 e. The molecule has 8 heteroatoms. The van der Waals surface area contributed by atoms with E-state index in [1.54, 1.807) is 31.2 Å². The maximum atomic E-state index is 13.8. The van der Waals surface area contributed by atoms with E-state index in [9.17, 15) is 23.2 Å². The fraction of sp³-hybridized carbons (Fsp3) is 0.250. The van der Waals surface area contributed by atoms with E-state index < -0.39 is 36.0 Å². The lowest BCUT2D eigenvalue weighted by molar-refractivity contribution is -0.137. The zero-order chi connectivity index (χ0) is 20.7. The summed E-state index contributed by atoms with van der Waals surface area (Å²) in [6.07, 6.45) is 0.0320. The van der Waals surface area contributed by atoms with Gasteiger partial charge in [-0.3, -0.25) is 14.4 Å². The SMILES string of the molecule is CC(CC(=O)Nc1ccc(CC(=O)NCC(=O)O)cc1)c1ccc(F)cc1F. The number of aliphatic carboxylic acids is 1. The second kappa shape index (κ2) is 9.59. The third-order valence-corrected chi connectivity index (χ3v) is 4.02. The van der Waals surface area contributed by atoms with Gasteiger partial charge in [0, 0.05) is 18.2 Å². The van der Waals surface area contributed by atoms with Crippen molar-refractivity contribution in [3.63, 3.8) is 0 Å². The van der Waals surface area contributed by atoms with Crippen LogP contribution >= 0.6 is 0 Å². The number of carboxylic acids is 1. The summed E-state index contributed by atoms with van der Waals surface area (Å²) in [4.78, 5) is 34.2. The molecule has 148 valence electrons. The fourth-order valence-electron chi connectivity index (χ4n) is 2.63. The predicted molar refractivity (Wildman–Crippen MR) is 98.8 cm³/mol. The summed E-state index contributed by atoms with van der Waals surface area (Å²) in [6, 6.07) is 9.76. The molecule has 0 fully saturated rings. The largest absolute Gasteiger partial charge is 0.480 e. The number of halogens is 2. The first-order chi connectivity index (χ1) is 13.2. The van der Waals surface area contributed by atoms with Gasteiger partial charge in [0.1, 0.15) is 18.2 Å². The molecule has 1 unspecified atom stereocenters. The van der Waals surface area contributed by atoms with E-state index in [1.807, 2.05) is 0 Å². The van der Waals surface area contributed by atoms with Crippen molar-refractivity contribution in [2.45, 2.75) is 25.7 Å². The van der Waals surface area contributed by atoms with Crippen LogP contribution in [0.15, 0.2) is 42.5 Å². The topological polar surface area (TPSA) is 95.5 Å². The van der Waals surface area contributed by atoms with Gasteiger partial charge in [-0.15, -0.1) is 0 Å². The van der Waals surface area contributed by atoms with Crippen LogP contribution in [0.2, 0.25) is 0 Å². The van der Waals surface area contributed by atoms with Crippen LogP contribution < -0.4 is 10.6 Å². The Kier molecular flexibility index (Phi) is 7.20.